The highest BCUT2D eigenvalue weighted by Gasteiger charge is 2.33. The fourth-order valence-corrected chi connectivity index (χ4v) is 5.26. The maximum Gasteiger partial charge on any atom is 0.264 e. The number of carbonyl (C=O) groups excluding carboxylic acids is 2. The molecule has 0 aliphatic heterocycles. The molecule has 2 atom stereocenters. The van der Waals surface area contributed by atoms with Gasteiger partial charge < -0.3 is 10.2 Å². The molecule has 1 N–H and O–H groups in total. The van der Waals surface area contributed by atoms with Gasteiger partial charge in [-0.2, -0.15) is 0 Å². The topological polar surface area (TPSA) is 86.8 Å². The van der Waals surface area contributed by atoms with Gasteiger partial charge in [0.1, 0.15) is 18.4 Å². The van der Waals surface area contributed by atoms with E-state index in [1.165, 1.54) is 54.3 Å². The highest BCUT2D eigenvalue weighted by Crippen LogP contribution is 2.25. The number of rotatable bonds is 11. The fourth-order valence-electron chi connectivity index (χ4n) is 3.72. The predicted octanol–water partition coefficient (Wildman–Crippen LogP) is 5.01. The van der Waals surface area contributed by atoms with E-state index < -0.39 is 40.2 Å². The zero-order valence-corrected chi connectivity index (χ0v) is 23.0. The third-order valence-corrected chi connectivity index (χ3v) is 8.23. The number of anilines is 1. The number of amides is 2. The Balaban J connectivity index is 2.01. The van der Waals surface area contributed by atoms with Crippen LogP contribution in [0.4, 0.5) is 10.1 Å². The van der Waals surface area contributed by atoms with Gasteiger partial charge in [0.05, 0.1) is 10.6 Å². The van der Waals surface area contributed by atoms with E-state index in [9.17, 15) is 22.4 Å². The lowest BCUT2D eigenvalue weighted by molar-refractivity contribution is -0.139. The van der Waals surface area contributed by atoms with Gasteiger partial charge in [0, 0.05) is 23.2 Å². The van der Waals surface area contributed by atoms with Crippen molar-refractivity contribution in [3.63, 3.8) is 0 Å². The van der Waals surface area contributed by atoms with Crippen LogP contribution in [0.25, 0.3) is 0 Å². The number of sulfonamides is 1. The normalized spacial score (nSPS) is 12.9. The van der Waals surface area contributed by atoms with Crippen LogP contribution in [-0.2, 0) is 26.2 Å². The van der Waals surface area contributed by atoms with Crippen LogP contribution in [0.3, 0.4) is 0 Å². The van der Waals surface area contributed by atoms with Crippen LogP contribution in [0.1, 0.15) is 32.8 Å². The molecule has 7 nitrogen and oxygen atoms in total. The molecule has 38 heavy (non-hydrogen) atoms. The molecule has 3 aromatic rings. The van der Waals surface area contributed by atoms with Gasteiger partial charge in [0.25, 0.3) is 10.0 Å². The van der Waals surface area contributed by atoms with Crippen molar-refractivity contribution in [3.05, 3.63) is 95.3 Å². The van der Waals surface area contributed by atoms with E-state index in [1.54, 1.807) is 36.4 Å². The number of halogens is 2. The number of nitrogens with one attached hydrogen (secondary N) is 1. The monoisotopic (exact) mass is 559 g/mol. The van der Waals surface area contributed by atoms with Gasteiger partial charge in [-0.1, -0.05) is 54.9 Å². The first-order valence-corrected chi connectivity index (χ1v) is 14.0. The summed E-state index contributed by atoms with van der Waals surface area (Å²) in [5, 5.41) is 3.20. The molecule has 0 spiro atoms. The van der Waals surface area contributed by atoms with Crippen molar-refractivity contribution < 1.29 is 22.4 Å². The fraction of sp³-hybridized carbons (Fsp3) is 0.286. The number of hydrogen-bond donors (Lipinski definition) is 1. The molecule has 0 saturated carbocycles. The molecular formula is C28H31ClFN3O4S. The summed E-state index contributed by atoms with van der Waals surface area (Å²) in [6.07, 6.45) is 0.681. The van der Waals surface area contributed by atoms with Crippen LogP contribution >= 0.6 is 11.6 Å². The lowest BCUT2D eigenvalue weighted by atomic mass is 10.1. The summed E-state index contributed by atoms with van der Waals surface area (Å²) >= 11 is 5.95. The Morgan fingerprint density at radius 2 is 1.55 bits per heavy atom. The molecule has 0 aliphatic rings. The standard InChI is InChI=1S/C28H31ClFN3O4S/c1-4-20(2)31-28(35)21(3)32(18-22-10-8-9-13-26(22)30)27(34)19-33(24-11-6-5-7-12-24)38(36,37)25-16-14-23(29)15-17-25/h5-17,20-21H,4,18-19H2,1-3H3,(H,31,35)/t20-,21+/m1/s1. The van der Waals surface area contributed by atoms with Crippen molar-refractivity contribution in [1.29, 1.82) is 0 Å². The molecule has 0 aromatic heterocycles. The van der Waals surface area contributed by atoms with Crippen LogP contribution in [0.15, 0.2) is 83.8 Å². The average Bonchev–Trinajstić information content (AvgIpc) is 2.91. The number of benzene rings is 3. The summed E-state index contributed by atoms with van der Waals surface area (Å²) in [6.45, 7) is 4.46. The Bertz CT molecular complexity index is 1350. The van der Waals surface area contributed by atoms with Gasteiger partial charge in [0.2, 0.25) is 11.8 Å². The van der Waals surface area contributed by atoms with Crippen LogP contribution in [-0.4, -0.2) is 43.8 Å². The molecule has 0 unspecified atom stereocenters. The summed E-state index contributed by atoms with van der Waals surface area (Å²) in [4.78, 5) is 27.9. The largest absolute Gasteiger partial charge is 0.352 e. The molecule has 0 fully saturated rings. The SMILES string of the molecule is CC[C@@H](C)NC(=O)[C@H](C)N(Cc1ccccc1F)C(=O)CN(c1ccccc1)S(=O)(=O)c1ccc(Cl)cc1. The molecule has 2 amide bonds. The van der Waals surface area contributed by atoms with Gasteiger partial charge in [-0.25, -0.2) is 12.8 Å². The van der Waals surface area contributed by atoms with Gasteiger partial charge in [-0.05, 0) is 62.7 Å². The van der Waals surface area contributed by atoms with E-state index >= 15 is 0 Å². The molecule has 0 bridgehead atoms. The van der Waals surface area contributed by atoms with Crippen molar-refractivity contribution in [2.45, 2.75) is 50.7 Å². The Labute approximate surface area is 228 Å². The zero-order chi connectivity index (χ0) is 27.9. The minimum atomic E-state index is -4.20. The maximum absolute atomic E-state index is 14.6. The van der Waals surface area contributed by atoms with E-state index in [-0.39, 0.29) is 28.7 Å². The molecule has 0 heterocycles. The van der Waals surface area contributed by atoms with E-state index in [0.717, 1.165) is 4.31 Å². The summed E-state index contributed by atoms with van der Waals surface area (Å²) in [7, 11) is -4.20. The summed E-state index contributed by atoms with van der Waals surface area (Å²) in [6, 6.07) is 18.6. The van der Waals surface area contributed by atoms with Crippen molar-refractivity contribution in [3.8, 4) is 0 Å². The third-order valence-electron chi connectivity index (χ3n) is 6.19. The number of carbonyl (C=O) groups is 2. The van der Waals surface area contributed by atoms with Crippen LogP contribution < -0.4 is 9.62 Å². The predicted molar refractivity (Wildman–Crippen MR) is 147 cm³/mol. The van der Waals surface area contributed by atoms with Gasteiger partial charge in [-0.3, -0.25) is 13.9 Å². The van der Waals surface area contributed by atoms with E-state index in [4.69, 9.17) is 11.6 Å². The smallest absolute Gasteiger partial charge is 0.264 e. The number of nitrogens with zero attached hydrogens (tertiary/aromatic N) is 2. The molecule has 10 heteroatoms. The quantitative estimate of drug-likeness (QED) is 0.358. The molecule has 0 aliphatic carbocycles. The van der Waals surface area contributed by atoms with Gasteiger partial charge in [0.15, 0.2) is 0 Å². The first-order valence-electron chi connectivity index (χ1n) is 12.2. The third kappa shape index (κ3) is 7.11. The molecule has 0 radical (unpaired) electrons. The van der Waals surface area contributed by atoms with Gasteiger partial charge >= 0.3 is 0 Å². The van der Waals surface area contributed by atoms with Crippen molar-refractivity contribution in [2.75, 3.05) is 10.8 Å². The number of para-hydroxylation sites is 1. The highest BCUT2D eigenvalue weighted by atomic mass is 35.5. The van der Waals surface area contributed by atoms with Gasteiger partial charge in [-0.15, -0.1) is 0 Å². The summed E-state index contributed by atoms with van der Waals surface area (Å²) in [5.41, 5.74) is 0.467. The first-order chi connectivity index (χ1) is 18.0. The molecular weight excluding hydrogens is 529 g/mol. The summed E-state index contributed by atoms with van der Waals surface area (Å²) in [5.74, 6) is -1.62. The average molecular weight is 560 g/mol. The van der Waals surface area contributed by atoms with Crippen molar-refractivity contribution in [1.82, 2.24) is 10.2 Å². The minimum Gasteiger partial charge on any atom is -0.352 e. The maximum atomic E-state index is 14.6. The Kier molecular flexibility index (Phi) is 9.88. The van der Waals surface area contributed by atoms with E-state index in [2.05, 4.69) is 5.32 Å². The second kappa shape index (κ2) is 12.9. The second-order valence-electron chi connectivity index (χ2n) is 8.91. The lowest BCUT2D eigenvalue weighted by Crippen LogP contribution is -2.52. The summed E-state index contributed by atoms with van der Waals surface area (Å²) < 4.78 is 42.9. The van der Waals surface area contributed by atoms with E-state index in [0.29, 0.717) is 11.4 Å². The second-order valence-corrected chi connectivity index (χ2v) is 11.2. The Hall–Kier alpha value is -3.43. The lowest BCUT2D eigenvalue weighted by Gasteiger charge is -2.32. The Morgan fingerprint density at radius 3 is 2.16 bits per heavy atom. The molecule has 3 aromatic carbocycles. The minimum absolute atomic E-state index is 0.0539. The molecule has 0 saturated heterocycles. The van der Waals surface area contributed by atoms with E-state index in [1.807, 2.05) is 13.8 Å². The van der Waals surface area contributed by atoms with Crippen molar-refractivity contribution >= 4 is 39.1 Å². The molecule has 3 rings (SSSR count). The van der Waals surface area contributed by atoms with Crippen LogP contribution in [0.2, 0.25) is 5.02 Å². The Morgan fingerprint density at radius 1 is 0.947 bits per heavy atom. The highest BCUT2D eigenvalue weighted by molar-refractivity contribution is 7.92. The zero-order valence-electron chi connectivity index (χ0n) is 21.5. The number of hydrogen-bond acceptors (Lipinski definition) is 4. The molecule has 202 valence electrons. The van der Waals surface area contributed by atoms with Crippen LogP contribution in [0.5, 0.6) is 0 Å². The van der Waals surface area contributed by atoms with Crippen molar-refractivity contribution in [2.24, 2.45) is 0 Å². The first kappa shape index (κ1) is 29.1. The van der Waals surface area contributed by atoms with Crippen LogP contribution in [0, 0.1) is 5.82 Å².